The van der Waals surface area contributed by atoms with Crippen LogP contribution < -0.4 is 0 Å². The summed E-state index contributed by atoms with van der Waals surface area (Å²) in [5.74, 6) is 0.535. The number of carbonyl (C=O) groups excluding carboxylic acids is 1. The van der Waals surface area contributed by atoms with Gasteiger partial charge in [0.15, 0.2) is 0 Å². The lowest BCUT2D eigenvalue weighted by Gasteiger charge is -2.54. The zero-order valence-electron chi connectivity index (χ0n) is 17.0. The summed E-state index contributed by atoms with van der Waals surface area (Å²) in [4.78, 5) is 13.1. The Balaban J connectivity index is 1.91. The summed E-state index contributed by atoms with van der Waals surface area (Å²) in [7, 11) is 0. The second-order valence-electron chi connectivity index (χ2n) is 9.67. The molecule has 1 saturated carbocycles. The minimum Gasteiger partial charge on any atom is -0.458 e. The van der Waals surface area contributed by atoms with Crippen LogP contribution in [0, 0.1) is 16.7 Å². The van der Waals surface area contributed by atoms with E-state index in [1.165, 1.54) is 32.1 Å². The molecule has 2 bridgehead atoms. The van der Waals surface area contributed by atoms with Crippen LogP contribution in [0.3, 0.4) is 0 Å². The molecule has 0 aromatic rings. The van der Waals surface area contributed by atoms with Crippen molar-refractivity contribution in [3.05, 3.63) is 0 Å². The molecule has 2 heterocycles. The lowest BCUT2D eigenvalue weighted by atomic mass is 9.56. The van der Waals surface area contributed by atoms with Gasteiger partial charge in [-0.2, -0.15) is 0 Å². The molecule has 25 heavy (non-hydrogen) atoms. The van der Waals surface area contributed by atoms with Crippen LogP contribution in [0.4, 0.5) is 0 Å². The van der Waals surface area contributed by atoms with Gasteiger partial charge in [-0.1, -0.05) is 27.2 Å². The van der Waals surface area contributed by atoms with Crippen LogP contribution in [0.25, 0.3) is 0 Å². The van der Waals surface area contributed by atoms with Crippen LogP contribution in [-0.4, -0.2) is 23.8 Å². The maximum Gasteiger partial charge on any atom is 0.312 e. The van der Waals surface area contributed by atoms with Crippen LogP contribution >= 0.6 is 0 Å². The van der Waals surface area contributed by atoms with Crippen molar-refractivity contribution in [2.75, 3.05) is 0 Å². The predicted molar refractivity (Wildman–Crippen MR) is 100 cm³/mol. The predicted octanol–water partition coefficient (Wildman–Crippen LogP) is 5.65. The van der Waals surface area contributed by atoms with Gasteiger partial charge in [-0.05, 0) is 77.6 Å². The molecule has 3 aliphatic rings. The summed E-state index contributed by atoms with van der Waals surface area (Å²) in [5, 5.41) is 0. The summed E-state index contributed by atoms with van der Waals surface area (Å²) in [6.07, 6.45) is 11.9. The lowest BCUT2D eigenvalue weighted by Crippen LogP contribution is -2.57. The highest BCUT2D eigenvalue weighted by Gasteiger charge is 2.60. The van der Waals surface area contributed by atoms with Gasteiger partial charge in [0.05, 0.1) is 17.6 Å². The molecular formula is C22H38O3. The average molecular weight is 351 g/mol. The fourth-order valence-corrected chi connectivity index (χ4v) is 5.60. The largest absolute Gasteiger partial charge is 0.458 e. The van der Waals surface area contributed by atoms with Crippen LogP contribution in [-0.2, 0) is 14.3 Å². The second-order valence-corrected chi connectivity index (χ2v) is 9.67. The van der Waals surface area contributed by atoms with Gasteiger partial charge in [0, 0.05) is 5.41 Å². The van der Waals surface area contributed by atoms with E-state index in [9.17, 15) is 4.79 Å². The molecule has 2 aliphatic heterocycles. The molecular weight excluding hydrogens is 312 g/mol. The van der Waals surface area contributed by atoms with Crippen LogP contribution in [0.1, 0.15) is 98.8 Å². The number of hydrogen-bond acceptors (Lipinski definition) is 3. The number of rotatable bonds is 6. The third-order valence-corrected chi connectivity index (χ3v) is 8.09. The van der Waals surface area contributed by atoms with Gasteiger partial charge in [0.1, 0.15) is 5.60 Å². The first-order valence-electron chi connectivity index (χ1n) is 10.7. The van der Waals surface area contributed by atoms with E-state index in [4.69, 9.17) is 9.47 Å². The highest BCUT2D eigenvalue weighted by atomic mass is 16.6. The molecule has 3 fully saturated rings. The number of ether oxygens (including phenoxy) is 2. The standard InChI is InChI=1S/C22H38O3/c1-6-20(3,4)19(23)25-22(13-9-8-10-14-22)21(5,7-2)17-15-16-11-12-18(17)24-16/h16-18H,6-15H2,1-5H3. The molecule has 0 aromatic carbocycles. The van der Waals surface area contributed by atoms with Gasteiger partial charge in [-0.25, -0.2) is 0 Å². The van der Waals surface area contributed by atoms with Gasteiger partial charge < -0.3 is 9.47 Å². The second kappa shape index (κ2) is 6.87. The van der Waals surface area contributed by atoms with Gasteiger partial charge in [-0.3, -0.25) is 4.79 Å². The van der Waals surface area contributed by atoms with Crippen molar-refractivity contribution in [3.8, 4) is 0 Å². The average Bonchev–Trinajstić information content (AvgIpc) is 3.25. The quantitative estimate of drug-likeness (QED) is 0.580. The molecule has 4 atom stereocenters. The Morgan fingerprint density at radius 1 is 1.08 bits per heavy atom. The number of carbonyl (C=O) groups is 1. The van der Waals surface area contributed by atoms with E-state index >= 15 is 0 Å². The van der Waals surface area contributed by atoms with E-state index in [0.717, 1.165) is 32.1 Å². The van der Waals surface area contributed by atoms with Crippen LogP contribution in [0.5, 0.6) is 0 Å². The number of hydrogen-bond donors (Lipinski definition) is 0. The molecule has 0 spiro atoms. The monoisotopic (exact) mass is 350 g/mol. The first-order valence-corrected chi connectivity index (χ1v) is 10.7. The van der Waals surface area contributed by atoms with Crippen molar-refractivity contribution in [3.63, 3.8) is 0 Å². The molecule has 0 N–H and O–H groups in total. The maximum atomic E-state index is 13.1. The van der Waals surface area contributed by atoms with Crippen molar-refractivity contribution < 1.29 is 14.3 Å². The molecule has 1 aliphatic carbocycles. The summed E-state index contributed by atoms with van der Waals surface area (Å²) >= 11 is 0. The van der Waals surface area contributed by atoms with Gasteiger partial charge in [0.2, 0.25) is 0 Å². The van der Waals surface area contributed by atoms with E-state index in [2.05, 4.69) is 20.8 Å². The fraction of sp³-hybridized carbons (Fsp3) is 0.955. The lowest BCUT2D eigenvalue weighted by molar-refractivity contribution is -0.204. The van der Waals surface area contributed by atoms with Crippen LogP contribution in [0.2, 0.25) is 0 Å². The zero-order valence-corrected chi connectivity index (χ0v) is 17.0. The summed E-state index contributed by atoms with van der Waals surface area (Å²) in [5.41, 5.74) is -0.682. The topological polar surface area (TPSA) is 35.5 Å². The third kappa shape index (κ3) is 3.15. The van der Waals surface area contributed by atoms with Crippen molar-refractivity contribution in [2.45, 2.75) is 117 Å². The normalized spacial score (nSPS) is 33.9. The first kappa shape index (κ1) is 19.2. The minimum absolute atomic E-state index is 0.000602. The Labute approximate surface area is 154 Å². The van der Waals surface area contributed by atoms with Crippen LogP contribution in [0.15, 0.2) is 0 Å². The van der Waals surface area contributed by atoms with E-state index in [1.807, 2.05) is 13.8 Å². The van der Waals surface area contributed by atoms with Gasteiger partial charge in [-0.15, -0.1) is 0 Å². The molecule has 4 unspecified atom stereocenters. The van der Waals surface area contributed by atoms with E-state index in [0.29, 0.717) is 18.1 Å². The van der Waals surface area contributed by atoms with E-state index in [1.54, 1.807) is 0 Å². The van der Waals surface area contributed by atoms with Crippen molar-refractivity contribution in [1.82, 2.24) is 0 Å². The van der Waals surface area contributed by atoms with Crippen molar-refractivity contribution in [1.29, 1.82) is 0 Å². The molecule has 3 nitrogen and oxygen atoms in total. The molecule has 2 saturated heterocycles. The highest BCUT2D eigenvalue weighted by molar-refractivity contribution is 5.76. The van der Waals surface area contributed by atoms with E-state index < -0.39 is 5.41 Å². The summed E-state index contributed by atoms with van der Waals surface area (Å²) in [6.45, 7) is 10.8. The molecule has 3 rings (SSSR count). The van der Waals surface area contributed by atoms with Gasteiger partial charge >= 0.3 is 5.97 Å². The molecule has 0 aromatic heterocycles. The highest BCUT2D eigenvalue weighted by Crippen LogP contribution is 2.58. The number of esters is 1. The number of fused-ring (bicyclic) bond motifs is 2. The fourth-order valence-electron chi connectivity index (χ4n) is 5.60. The zero-order chi connectivity index (χ0) is 18.3. The Bertz CT molecular complexity index is 492. The Morgan fingerprint density at radius 2 is 1.76 bits per heavy atom. The van der Waals surface area contributed by atoms with E-state index in [-0.39, 0.29) is 17.0 Å². The minimum atomic E-state index is -0.399. The Kier molecular flexibility index (Phi) is 5.27. The summed E-state index contributed by atoms with van der Waals surface area (Å²) < 4.78 is 12.7. The summed E-state index contributed by atoms with van der Waals surface area (Å²) in [6, 6.07) is 0. The van der Waals surface area contributed by atoms with Crippen molar-refractivity contribution >= 4 is 5.97 Å². The molecule has 0 radical (unpaired) electrons. The Hall–Kier alpha value is -0.570. The SMILES string of the molecule is CCC(C)(C)C(=O)OC1(C(C)(CC)C2CC3CCC2O3)CCCCC1. The third-order valence-electron chi connectivity index (χ3n) is 8.09. The molecule has 144 valence electrons. The maximum absolute atomic E-state index is 13.1. The molecule has 0 amide bonds. The van der Waals surface area contributed by atoms with Crippen molar-refractivity contribution in [2.24, 2.45) is 16.7 Å². The Morgan fingerprint density at radius 3 is 2.24 bits per heavy atom. The smallest absolute Gasteiger partial charge is 0.312 e. The van der Waals surface area contributed by atoms with Gasteiger partial charge in [0.25, 0.3) is 0 Å². The first-order chi connectivity index (χ1) is 11.8. The molecule has 3 heteroatoms.